The maximum absolute atomic E-state index is 14.4. The molecule has 0 radical (unpaired) electrons. The van der Waals surface area contributed by atoms with Crippen LogP contribution in [0.3, 0.4) is 0 Å². The molecule has 1 aliphatic rings. The van der Waals surface area contributed by atoms with Crippen LogP contribution in [0.1, 0.15) is 29.2 Å². The van der Waals surface area contributed by atoms with Crippen LogP contribution in [0, 0.1) is 0 Å². The van der Waals surface area contributed by atoms with Gasteiger partial charge in [-0.2, -0.15) is 0 Å². The number of benzene rings is 4. The molecule has 0 unspecified atom stereocenters. The molecule has 0 aliphatic carbocycles. The first-order chi connectivity index (χ1) is 21.6. The first kappa shape index (κ1) is 30.0. The van der Waals surface area contributed by atoms with Crippen LogP contribution in [-0.4, -0.2) is 42.8 Å². The van der Waals surface area contributed by atoms with Crippen molar-refractivity contribution in [1.82, 2.24) is 5.43 Å². The summed E-state index contributed by atoms with van der Waals surface area (Å²) < 4.78 is 17.7. The summed E-state index contributed by atoms with van der Waals surface area (Å²) in [5, 5.41) is 12.9. The monoisotopic (exact) mass is 592 g/mol. The van der Waals surface area contributed by atoms with Gasteiger partial charge in [-0.05, 0) is 65.2 Å². The van der Waals surface area contributed by atoms with E-state index in [9.17, 15) is 10.3 Å². The quantitative estimate of drug-likeness (QED) is 0.0566. The molecule has 5 rings (SSSR count). The summed E-state index contributed by atoms with van der Waals surface area (Å²) in [7, 11) is 1.57. The summed E-state index contributed by atoms with van der Waals surface area (Å²) in [5.74, 6) is 1.03. The molecular formula is C33H32N6O5. The molecule has 2 atom stereocenters. The Labute approximate surface area is 254 Å². The molecule has 11 heteroatoms. The molecule has 4 aromatic rings. The van der Waals surface area contributed by atoms with E-state index in [4.69, 9.17) is 24.3 Å². The number of ether oxygens (including phenoxy) is 3. The number of hydrogen-bond acceptors (Lipinski definition) is 8. The number of rotatable bonds is 13. The van der Waals surface area contributed by atoms with Gasteiger partial charge in [-0.15, -0.1) is 0 Å². The summed E-state index contributed by atoms with van der Waals surface area (Å²) in [4.78, 5) is 22.4. The van der Waals surface area contributed by atoms with Crippen molar-refractivity contribution in [3.8, 4) is 11.5 Å². The number of nitrogens with one attached hydrogen (secondary N) is 2. The Hall–Kier alpha value is -5.51. The summed E-state index contributed by atoms with van der Waals surface area (Å²) in [5.41, 5.74) is 16.5. The number of azide groups is 1. The van der Waals surface area contributed by atoms with Crippen LogP contribution in [0.4, 0.5) is 11.4 Å². The van der Waals surface area contributed by atoms with Gasteiger partial charge in [0.25, 0.3) is 5.91 Å². The van der Waals surface area contributed by atoms with Gasteiger partial charge in [0.1, 0.15) is 11.5 Å². The number of aliphatic hydroxyl groups is 1. The summed E-state index contributed by atoms with van der Waals surface area (Å²) in [6.45, 7) is 0.425. The Kier molecular flexibility index (Phi) is 9.61. The molecule has 44 heavy (non-hydrogen) atoms. The van der Waals surface area contributed by atoms with Crippen LogP contribution in [-0.2, 0) is 16.0 Å². The lowest BCUT2D eigenvalue weighted by atomic mass is 9.81. The average Bonchev–Trinajstić information content (AvgIpc) is 3.46. The third-order valence-electron chi connectivity index (χ3n) is 7.12. The number of hydrogen-bond donors (Lipinski definition) is 3. The van der Waals surface area contributed by atoms with Gasteiger partial charge in [-0.3, -0.25) is 15.6 Å². The number of hydrazine groups is 1. The second kappa shape index (κ2) is 14.1. The van der Waals surface area contributed by atoms with E-state index >= 15 is 0 Å². The minimum absolute atomic E-state index is 0.0421. The van der Waals surface area contributed by atoms with Crippen molar-refractivity contribution in [3.05, 3.63) is 130 Å². The van der Waals surface area contributed by atoms with Crippen molar-refractivity contribution in [2.45, 2.75) is 24.5 Å². The SMILES string of the molecule is COc1cccc([C@@H]2OC(c3ccc(OCCCO)cc3)=N[C@]2(Cc2ccccc2N=[N+]=[N-])C(=O)NNc2ccccc2)c1. The highest BCUT2D eigenvalue weighted by Crippen LogP contribution is 2.44. The molecule has 0 aromatic heterocycles. The number of anilines is 1. The summed E-state index contributed by atoms with van der Waals surface area (Å²) in [6, 6.07) is 30.8. The minimum Gasteiger partial charge on any atom is -0.497 e. The van der Waals surface area contributed by atoms with Crippen LogP contribution >= 0.6 is 0 Å². The molecule has 3 N–H and O–H groups in total. The second-order valence-electron chi connectivity index (χ2n) is 10.0. The number of aliphatic imine (C=N–C) groups is 1. The van der Waals surface area contributed by atoms with Crippen LogP contribution in [0.15, 0.2) is 113 Å². The molecule has 1 aliphatic heterocycles. The predicted molar refractivity (Wildman–Crippen MR) is 167 cm³/mol. The zero-order chi connectivity index (χ0) is 30.8. The van der Waals surface area contributed by atoms with E-state index in [2.05, 4.69) is 20.9 Å². The van der Waals surface area contributed by atoms with Gasteiger partial charge < -0.3 is 19.3 Å². The second-order valence-corrected chi connectivity index (χ2v) is 10.0. The molecule has 224 valence electrons. The molecule has 0 saturated heterocycles. The van der Waals surface area contributed by atoms with Gasteiger partial charge in [0.15, 0.2) is 11.6 Å². The molecule has 1 heterocycles. The van der Waals surface area contributed by atoms with Gasteiger partial charge in [0.2, 0.25) is 5.90 Å². The first-order valence-corrected chi connectivity index (χ1v) is 14.1. The molecule has 0 bridgehead atoms. The van der Waals surface area contributed by atoms with E-state index in [1.54, 1.807) is 49.6 Å². The zero-order valence-corrected chi connectivity index (χ0v) is 24.1. The Bertz CT molecular complexity index is 1660. The molecule has 11 nitrogen and oxygen atoms in total. The number of nitrogens with zero attached hydrogens (tertiary/aromatic N) is 4. The highest BCUT2D eigenvalue weighted by atomic mass is 16.5. The lowest BCUT2D eigenvalue weighted by Crippen LogP contribution is -2.51. The molecule has 0 spiro atoms. The Morgan fingerprint density at radius 3 is 2.55 bits per heavy atom. The largest absolute Gasteiger partial charge is 0.497 e. The average molecular weight is 593 g/mol. The highest BCUT2D eigenvalue weighted by Gasteiger charge is 2.53. The third-order valence-corrected chi connectivity index (χ3v) is 7.12. The van der Waals surface area contributed by atoms with Crippen molar-refractivity contribution >= 4 is 23.2 Å². The van der Waals surface area contributed by atoms with Crippen molar-refractivity contribution < 1.29 is 24.1 Å². The fraction of sp³-hybridized carbons (Fsp3) is 0.212. The van der Waals surface area contributed by atoms with E-state index in [0.29, 0.717) is 52.6 Å². The molecule has 1 amide bonds. The topological polar surface area (TPSA) is 150 Å². The standard InChI is InChI=1S/C33H32N6O5/c1-42-28-13-7-10-24(21-28)30-33(22-25-9-5-6-14-29(25)37-39-34,32(41)38-36-26-11-3-2-4-12-26)35-31(44-30)23-15-17-27(18-16-23)43-20-8-19-40/h2-7,9-18,21,30,36,40H,8,19-20,22H2,1H3,(H,38,41)/t30-,33-/m0/s1. The molecular weight excluding hydrogens is 560 g/mol. The van der Waals surface area contributed by atoms with E-state index < -0.39 is 17.6 Å². The van der Waals surface area contributed by atoms with E-state index in [1.165, 1.54) is 0 Å². The summed E-state index contributed by atoms with van der Waals surface area (Å²) >= 11 is 0. The maximum atomic E-state index is 14.4. The van der Waals surface area contributed by atoms with Gasteiger partial charge in [-0.1, -0.05) is 59.7 Å². The predicted octanol–water partition coefficient (Wildman–Crippen LogP) is 6.04. The van der Waals surface area contributed by atoms with Gasteiger partial charge in [0.05, 0.1) is 19.4 Å². The molecule has 4 aromatic carbocycles. The van der Waals surface area contributed by atoms with E-state index in [1.807, 2.05) is 60.7 Å². The third kappa shape index (κ3) is 6.75. The van der Waals surface area contributed by atoms with Crippen molar-refractivity contribution in [1.29, 1.82) is 0 Å². The number of para-hydroxylation sites is 1. The zero-order valence-electron chi connectivity index (χ0n) is 24.1. The number of methoxy groups -OCH3 is 1. The maximum Gasteiger partial charge on any atom is 0.270 e. The minimum atomic E-state index is -1.54. The number of amides is 1. The number of carbonyl (C=O) groups excluding carboxylic acids is 1. The molecule has 0 saturated carbocycles. The van der Waals surface area contributed by atoms with Crippen LogP contribution < -0.4 is 20.3 Å². The fourth-order valence-corrected chi connectivity index (χ4v) is 4.94. The normalized spacial score (nSPS) is 17.0. The summed E-state index contributed by atoms with van der Waals surface area (Å²) in [6.07, 6.45) is -0.311. The van der Waals surface area contributed by atoms with E-state index in [-0.39, 0.29) is 18.9 Å². The van der Waals surface area contributed by atoms with Crippen LogP contribution in [0.2, 0.25) is 0 Å². The smallest absolute Gasteiger partial charge is 0.270 e. The van der Waals surface area contributed by atoms with E-state index in [0.717, 1.165) is 0 Å². The Morgan fingerprint density at radius 1 is 1.02 bits per heavy atom. The Balaban J connectivity index is 1.61. The van der Waals surface area contributed by atoms with Crippen LogP contribution in [0.25, 0.3) is 10.4 Å². The van der Waals surface area contributed by atoms with Gasteiger partial charge >= 0.3 is 0 Å². The van der Waals surface area contributed by atoms with Crippen molar-refractivity contribution in [2.75, 3.05) is 25.7 Å². The first-order valence-electron chi connectivity index (χ1n) is 14.1. The lowest BCUT2D eigenvalue weighted by molar-refractivity contribution is -0.128. The van der Waals surface area contributed by atoms with Crippen molar-refractivity contribution in [2.24, 2.45) is 10.1 Å². The van der Waals surface area contributed by atoms with Crippen LogP contribution in [0.5, 0.6) is 11.5 Å². The number of carbonyl (C=O) groups is 1. The number of aliphatic hydroxyl groups excluding tert-OH is 1. The Morgan fingerprint density at radius 2 is 1.80 bits per heavy atom. The van der Waals surface area contributed by atoms with Gasteiger partial charge in [0, 0.05) is 35.6 Å². The molecule has 0 fully saturated rings. The fourth-order valence-electron chi connectivity index (χ4n) is 4.94. The van der Waals surface area contributed by atoms with Crippen molar-refractivity contribution in [3.63, 3.8) is 0 Å². The lowest BCUT2D eigenvalue weighted by Gasteiger charge is -2.31. The highest BCUT2D eigenvalue weighted by molar-refractivity contribution is 6.01. The van der Waals surface area contributed by atoms with Gasteiger partial charge in [-0.25, -0.2) is 4.99 Å².